The number of phenolic OH excluding ortho intramolecular Hbond substituents is 1. The fraction of sp³-hybridized carbons (Fsp3) is 0.564. The van der Waals surface area contributed by atoms with Crippen LogP contribution in [0.25, 0.3) is 0 Å². The van der Waals surface area contributed by atoms with Crippen molar-refractivity contribution in [1.82, 2.24) is 5.32 Å². The smallest absolute Gasteiger partial charge is 0.303 e. The maximum absolute atomic E-state index is 11.4. The Balaban J connectivity index is 2.43. The van der Waals surface area contributed by atoms with Gasteiger partial charge in [0.15, 0.2) is 0 Å². The van der Waals surface area contributed by atoms with E-state index in [0.29, 0.717) is 32.1 Å². The van der Waals surface area contributed by atoms with E-state index >= 15 is 0 Å². The van der Waals surface area contributed by atoms with Gasteiger partial charge in [0, 0.05) is 25.4 Å². The Morgan fingerprint density at radius 3 is 2.23 bits per heavy atom. The number of phenols is 1. The third-order valence-corrected chi connectivity index (χ3v) is 8.53. The minimum atomic E-state index is -1.12. The summed E-state index contributed by atoms with van der Waals surface area (Å²) in [6.45, 7) is 3.77. The van der Waals surface area contributed by atoms with Crippen molar-refractivity contribution in [2.24, 2.45) is 0 Å². The van der Waals surface area contributed by atoms with Crippen molar-refractivity contribution >= 4 is 5.97 Å². The Morgan fingerprint density at radius 2 is 1.57 bits per heavy atom. The average molecular weight is 654 g/mol. The normalized spacial score (nSPS) is 15.6. The predicted octanol–water partition coefficient (Wildman–Crippen LogP) is 6.24. The number of allylic oxidation sites excluding steroid dienone is 2. The van der Waals surface area contributed by atoms with Gasteiger partial charge in [-0.1, -0.05) is 100 Å². The summed E-state index contributed by atoms with van der Waals surface area (Å²) in [6, 6.07) is 16.7. The molecule has 2 aromatic carbocycles. The molecule has 7 N–H and O–H groups in total. The largest absolute Gasteiger partial charge is 0.508 e. The van der Waals surface area contributed by atoms with Gasteiger partial charge in [0.1, 0.15) is 5.75 Å². The number of aliphatic hydroxyl groups excluding tert-OH is 3. The van der Waals surface area contributed by atoms with E-state index < -0.39 is 23.8 Å². The molecule has 2 rings (SSSR count). The fourth-order valence-corrected chi connectivity index (χ4v) is 5.85. The van der Waals surface area contributed by atoms with Crippen LogP contribution < -0.4 is 5.32 Å². The molecule has 8 nitrogen and oxygen atoms in total. The van der Waals surface area contributed by atoms with Crippen LogP contribution in [0.2, 0.25) is 0 Å². The Labute approximate surface area is 281 Å². The number of carboxylic acids is 1. The molecule has 0 heterocycles. The number of hydrogen-bond donors (Lipinski definition) is 7. The third-order valence-electron chi connectivity index (χ3n) is 8.53. The van der Waals surface area contributed by atoms with E-state index in [2.05, 4.69) is 24.4 Å². The molecule has 0 spiro atoms. The van der Waals surface area contributed by atoms with Crippen molar-refractivity contribution in [2.75, 3.05) is 13.2 Å². The summed E-state index contributed by atoms with van der Waals surface area (Å²) in [5, 5.41) is 65.2. The SMILES string of the molecule is CCCCCC(O)C=CC(CCc1ccccc1)=C(CC(O)CO)C(CCCCCCC(=O)O)NCC(C)(O)Cc1ccc(O)cc1. The number of aliphatic carboxylic acids is 1. The summed E-state index contributed by atoms with van der Waals surface area (Å²) in [4.78, 5) is 11.0. The summed E-state index contributed by atoms with van der Waals surface area (Å²) >= 11 is 0. The van der Waals surface area contributed by atoms with Gasteiger partial charge in [-0.2, -0.15) is 0 Å². The van der Waals surface area contributed by atoms with Crippen LogP contribution in [0.5, 0.6) is 5.75 Å². The second-order valence-corrected chi connectivity index (χ2v) is 13.1. The van der Waals surface area contributed by atoms with Crippen LogP contribution in [0.3, 0.4) is 0 Å². The monoisotopic (exact) mass is 653 g/mol. The van der Waals surface area contributed by atoms with E-state index in [1.54, 1.807) is 31.2 Å². The van der Waals surface area contributed by atoms with Gasteiger partial charge in [0.05, 0.1) is 24.4 Å². The van der Waals surface area contributed by atoms with Crippen LogP contribution in [-0.2, 0) is 17.6 Å². The molecule has 262 valence electrons. The number of unbranched alkanes of at least 4 members (excludes halogenated alkanes) is 5. The molecule has 47 heavy (non-hydrogen) atoms. The fourth-order valence-electron chi connectivity index (χ4n) is 5.85. The average Bonchev–Trinajstić information content (AvgIpc) is 3.04. The van der Waals surface area contributed by atoms with Crippen molar-refractivity contribution in [1.29, 1.82) is 0 Å². The molecule has 4 unspecified atom stereocenters. The van der Waals surface area contributed by atoms with Crippen LogP contribution in [0.15, 0.2) is 77.9 Å². The first-order valence-corrected chi connectivity index (χ1v) is 17.4. The first-order valence-electron chi connectivity index (χ1n) is 17.4. The number of aliphatic hydroxyl groups is 4. The van der Waals surface area contributed by atoms with Crippen LogP contribution in [0.4, 0.5) is 0 Å². The molecule has 0 fully saturated rings. The number of hydrogen-bond acceptors (Lipinski definition) is 7. The number of carbonyl (C=O) groups is 1. The lowest BCUT2D eigenvalue weighted by atomic mass is 9.87. The Bertz CT molecular complexity index is 1190. The summed E-state index contributed by atoms with van der Waals surface area (Å²) in [5.74, 6) is -0.630. The van der Waals surface area contributed by atoms with Crippen LogP contribution in [-0.4, -0.2) is 73.6 Å². The number of aromatic hydroxyl groups is 1. The first-order chi connectivity index (χ1) is 22.5. The number of nitrogens with one attached hydrogen (secondary N) is 1. The van der Waals surface area contributed by atoms with Crippen molar-refractivity contribution < 1.29 is 35.4 Å². The summed E-state index contributed by atoms with van der Waals surface area (Å²) in [6.07, 6.45) is 11.9. The van der Waals surface area contributed by atoms with E-state index in [0.717, 1.165) is 61.7 Å². The highest BCUT2D eigenvalue weighted by atomic mass is 16.4. The van der Waals surface area contributed by atoms with Crippen LogP contribution in [0.1, 0.15) is 102 Å². The molecule has 0 aliphatic rings. The highest BCUT2D eigenvalue weighted by Gasteiger charge is 2.26. The van der Waals surface area contributed by atoms with Gasteiger partial charge in [0.2, 0.25) is 0 Å². The van der Waals surface area contributed by atoms with Crippen molar-refractivity contribution in [3.05, 3.63) is 89.0 Å². The maximum Gasteiger partial charge on any atom is 0.303 e. The second-order valence-electron chi connectivity index (χ2n) is 13.1. The number of benzene rings is 2. The molecule has 0 aliphatic heterocycles. The molecular formula is C39H59NO7. The minimum Gasteiger partial charge on any atom is -0.508 e. The third kappa shape index (κ3) is 17.6. The number of aryl methyl sites for hydroxylation is 1. The van der Waals surface area contributed by atoms with Gasteiger partial charge in [-0.05, 0) is 79.9 Å². The zero-order valence-electron chi connectivity index (χ0n) is 28.5. The van der Waals surface area contributed by atoms with E-state index in [9.17, 15) is 30.3 Å². The quantitative estimate of drug-likeness (QED) is 0.0492. The summed E-state index contributed by atoms with van der Waals surface area (Å²) in [7, 11) is 0. The number of rotatable bonds is 25. The highest BCUT2D eigenvalue weighted by molar-refractivity contribution is 5.66. The highest BCUT2D eigenvalue weighted by Crippen LogP contribution is 2.27. The molecule has 8 heteroatoms. The summed E-state index contributed by atoms with van der Waals surface area (Å²) < 4.78 is 0. The minimum absolute atomic E-state index is 0.144. The van der Waals surface area contributed by atoms with Crippen molar-refractivity contribution in [2.45, 2.75) is 128 Å². The second kappa shape index (κ2) is 22.5. The van der Waals surface area contributed by atoms with Crippen LogP contribution in [0, 0.1) is 0 Å². The van der Waals surface area contributed by atoms with Crippen molar-refractivity contribution in [3.63, 3.8) is 0 Å². The standard InChI is InChI=1S/C39H59NO7/c1-3-4-8-15-33(42)25-22-32(21-18-30-13-9-7-10-14-30)36(26-35(44)28-41)37(16-11-5-6-12-17-38(45)46)40-29-39(2,47)27-31-19-23-34(43)24-20-31/h7,9-10,13-14,19-20,22-25,33,35,37,40-44,47H,3-6,8,11-12,15-18,21,26-29H2,1-2H3,(H,45,46). The Hall–Kier alpha value is -3.01. The van der Waals surface area contributed by atoms with Crippen LogP contribution >= 0.6 is 0 Å². The van der Waals surface area contributed by atoms with Gasteiger partial charge >= 0.3 is 5.97 Å². The maximum atomic E-state index is 11.4. The van der Waals surface area contributed by atoms with E-state index in [1.165, 1.54) is 5.56 Å². The molecular weight excluding hydrogens is 594 g/mol. The van der Waals surface area contributed by atoms with Gasteiger partial charge in [-0.25, -0.2) is 0 Å². The zero-order valence-corrected chi connectivity index (χ0v) is 28.5. The van der Waals surface area contributed by atoms with E-state index in [4.69, 9.17) is 5.11 Å². The zero-order chi connectivity index (χ0) is 34.5. The van der Waals surface area contributed by atoms with Gasteiger partial charge in [-0.15, -0.1) is 0 Å². The molecule has 0 amide bonds. The molecule has 0 bridgehead atoms. The van der Waals surface area contributed by atoms with Gasteiger partial charge < -0.3 is 36.0 Å². The van der Waals surface area contributed by atoms with Gasteiger partial charge in [0.25, 0.3) is 0 Å². The molecule has 0 radical (unpaired) electrons. The Morgan fingerprint density at radius 1 is 0.894 bits per heavy atom. The molecule has 0 aromatic heterocycles. The lowest BCUT2D eigenvalue weighted by molar-refractivity contribution is -0.137. The van der Waals surface area contributed by atoms with E-state index in [-0.39, 0.29) is 37.8 Å². The summed E-state index contributed by atoms with van der Waals surface area (Å²) in [5.41, 5.74) is 2.86. The predicted molar refractivity (Wildman–Crippen MR) is 188 cm³/mol. The molecule has 4 atom stereocenters. The number of carboxylic acid groups (broad SMARTS) is 1. The molecule has 0 saturated carbocycles. The van der Waals surface area contributed by atoms with E-state index in [1.807, 2.05) is 30.4 Å². The molecule has 0 aliphatic carbocycles. The lowest BCUT2D eigenvalue weighted by Gasteiger charge is -2.31. The lowest BCUT2D eigenvalue weighted by Crippen LogP contribution is -2.45. The van der Waals surface area contributed by atoms with Gasteiger partial charge in [-0.3, -0.25) is 4.79 Å². The van der Waals surface area contributed by atoms with Crippen molar-refractivity contribution in [3.8, 4) is 5.75 Å². The molecule has 2 aromatic rings. The molecule has 0 saturated heterocycles. The first kappa shape index (κ1) is 40.2. The Kier molecular flexibility index (Phi) is 19.3. The topological polar surface area (TPSA) is 150 Å².